The monoisotopic (exact) mass is 271 g/mol. The summed E-state index contributed by atoms with van der Waals surface area (Å²) in [6.45, 7) is 4.81. The average Bonchev–Trinajstić information content (AvgIpc) is 2.39. The fourth-order valence-corrected chi connectivity index (χ4v) is 2.02. The second-order valence-corrected chi connectivity index (χ2v) is 4.95. The van der Waals surface area contributed by atoms with Gasteiger partial charge in [0.1, 0.15) is 4.99 Å². The van der Waals surface area contributed by atoms with Gasteiger partial charge in [-0.2, -0.15) is 0 Å². The number of anilines is 1. The number of pyridine rings is 1. The molecule has 4 heteroatoms. The Morgan fingerprint density at radius 1 is 1.26 bits per heavy atom. The molecule has 3 nitrogen and oxygen atoms in total. The highest BCUT2D eigenvalue weighted by Crippen LogP contribution is 2.17. The van der Waals surface area contributed by atoms with Gasteiger partial charge in [-0.3, -0.25) is 4.98 Å². The summed E-state index contributed by atoms with van der Waals surface area (Å²) < 4.78 is 0. The van der Waals surface area contributed by atoms with E-state index in [1.807, 2.05) is 37.4 Å². The quantitative estimate of drug-likeness (QED) is 0.839. The van der Waals surface area contributed by atoms with Crippen molar-refractivity contribution in [2.75, 3.05) is 5.32 Å². The molecule has 0 aliphatic carbocycles. The Hall–Kier alpha value is -1.94. The van der Waals surface area contributed by atoms with Crippen LogP contribution in [0.1, 0.15) is 22.4 Å². The fourth-order valence-electron chi connectivity index (χ4n) is 1.90. The Kier molecular flexibility index (Phi) is 4.12. The van der Waals surface area contributed by atoms with Crippen LogP contribution in [0.3, 0.4) is 0 Å². The van der Waals surface area contributed by atoms with Crippen LogP contribution >= 0.6 is 12.2 Å². The minimum absolute atomic E-state index is 0.426. The van der Waals surface area contributed by atoms with E-state index in [2.05, 4.69) is 23.3 Å². The van der Waals surface area contributed by atoms with Crippen molar-refractivity contribution in [3.8, 4) is 0 Å². The molecule has 0 aliphatic rings. The molecule has 0 aliphatic heterocycles. The van der Waals surface area contributed by atoms with Crippen LogP contribution in [-0.2, 0) is 6.54 Å². The summed E-state index contributed by atoms with van der Waals surface area (Å²) in [5.74, 6) is 0. The lowest BCUT2D eigenvalue weighted by atomic mass is 10.1. The summed E-state index contributed by atoms with van der Waals surface area (Å²) in [6.07, 6.45) is 1.81. The maximum atomic E-state index is 5.62. The van der Waals surface area contributed by atoms with Crippen LogP contribution in [-0.4, -0.2) is 9.97 Å². The number of thiocarbonyl (C=S) groups is 1. The van der Waals surface area contributed by atoms with Gasteiger partial charge in [0, 0.05) is 17.4 Å². The molecule has 2 rings (SSSR count). The molecular formula is C15H17N3S. The van der Waals surface area contributed by atoms with Gasteiger partial charge in [0.25, 0.3) is 0 Å². The van der Waals surface area contributed by atoms with Crippen molar-refractivity contribution in [3.63, 3.8) is 0 Å². The Morgan fingerprint density at radius 3 is 2.68 bits per heavy atom. The van der Waals surface area contributed by atoms with E-state index in [0.29, 0.717) is 11.5 Å². The van der Waals surface area contributed by atoms with Gasteiger partial charge in [-0.1, -0.05) is 18.3 Å². The number of benzene rings is 1. The summed E-state index contributed by atoms with van der Waals surface area (Å²) in [5.41, 5.74) is 11.0. The van der Waals surface area contributed by atoms with Gasteiger partial charge >= 0.3 is 0 Å². The largest absolute Gasteiger partial charge is 0.389 e. The molecule has 0 radical (unpaired) electrons. The third kappa shape index (κ3) is 3.29. The molecule has 0 fully saturated rings. The average molecular weight is 271 g/mol. The van der Waals surface area contributed by atoms with Gasteiger partial charge in [-0.15, -0.1) is 0 Å². The van der Waals surface area contributed by atoms with E-state index >= 15 is 0 Å². The molecule has 1 aromatic heterocycles. The van der Waals surface area contributed by atoms with Gasteiger partial charge in [0.2, 0.25) is 0 Å². The lowest BCUT2D eigenvalue weighted by molar-refractivity contribution is 1.02. The molecule has 0 atom stereocenters. The van der Waals surface area contributed by atoms with E-state index in [4.69, 9.17) is 18.0 Å². The highest BCUT2D eigenvalue weighted by molar-refractivity contribution is 7.80. The van der Waals surface area contributed by atoms with Crippen LogP contribution < -0.4 is 11.1 Å². The van der Waals surface area contributed by atoms with Crippen molar-refractivity contribution in [2.45, 2.75) is 20.4 Å². The lowest BCUT2D eigenvalue weighted by Gasteiger charge is -2.11. The third-order valence-electron chi connectivity index (χ3n) is 3.08. The Morgan fingerprint density at radius 2 is 2.05 bits per heavy atom. The molecule has 0 unspecified atom stereocenters. The summed E-state index contributed by atoms with van der Waals surface area (Å²) in [7, 11) is 0. The Labute approximate surface area is 118 Å². The van der Waals surface area contributed by atoms with Crippen LogP contribution in [0.4, 0.5) is 5.69 Å². The SMILES string of the molecule is Cc1cc(C(N)=S)ccc1NCc1ncccc1C. The Balaban J connectivity index is 2.12. The molecule has 0 saturated carbocycles. The number of nitrogens with zero attached hydrogens (tertiary/aromatic N) is 1. The Bertz CT molecular complexity index is 608. The molecule has 1 heterocycles. The first-order chi connectivity index (χ1) is 9.08. The van der Waals surface area contributed by atoms with E-state index < -0.39 is 0 Å². The second kappa shape index (κ2) is 5.80. The van der Waals surface area contributed by atoms with Crippen LogP contribution in [0.5, 0.6) is 0 Å². The maximum Gasteiger partial charge on any atom is 0.103 e. The summed E-state index contributed by atoms with van der Waals surface area (Å²) in [6, 6.07) is 9.94. The molecule has 3 N–H and O–H groups in total. The van der Waals surface area contributed by atoms with Crippen molar-refractivity contribution in [2.24, 2.45) is 5.73 Å². The number of aryl methyl sites for hydroxylation is 2. The van der Waals surface area contributed by atoms with Crippen LogP contribution in [0, 0.1) is 13.8 Å². The van der Waals surface area contributed by atoms with Crippen molar-refractivity contribution in [1.82, 2.24) is 4.98 Å². The number of rotatable bonds is 4. The third-order valence-corrected chi connectivity index (χ3v) is 3.31. The number of aromatic nitrogens is 1. The zero-order chi connectivity index (χ0) is 13.8. The van der Waals surface area contributed by atoms with Crippen molar-refractivity contribution < 1.29 is 0 Å². The first kappa shape index (κ1) is 13.5. The summed E-state index contributed by atoms with van der Waals surface area (Å²) in [5, 5.41) is 3.39. The highest BCUT2D eigenvalue weighted by Gasteiger charge is 2.03. The molecule has 98 valence electrons. The number of hydrogen-bond donors (Lipinski definition) is 2. The predicted octanol–water partition coefficient (Wildman–Crippen LogP) is 2.94. The normalized spacial score (nSPS) is 10.2. The number of nitrogens with two attached hydrogens (primary N) is 1. The zero-order valence-electron chi connectivity index (χ0n) is 11.1. The van der Waals surface area contributed by atoms with Crippen molar-refractivity contribution >= 4 is 22.9 Å². The van der Waals surface area contributed by atoms with E-state index in [9.17, 15) is 0 Å². The highest BCUT2D eigenvalue weighted by atomic mass is 32.1. The van der Waals surface area contributed by atoms with Crippen molar-refractivity contribution in [1.29, 1.82) is 0 Å². The van der Waals surface area contributed by atoms with Gasteiger partial charge in [-0.05, 0) is 49.2 Å². The molecule has 2 aromatic rings. The molecule has 1 aromatic carbocycles. The van der Waals surface area contributed by atoms with Crippen LogP contribution in [0.2, 0.25) is 0 Å². The van der Waals surface area contributed by atoms with Crippen LogP contribution in [0.15, 0.2) is 36.5 Å². The van der Waals surface area contributed by atoms with Gasteiger partial charge in [0.15, 0.2) is 0 Å². The van der Waals surface area contributed by atoms with E-state index in [0.717, 1.165) is 22.5 Å². The second-order valence-electron chi connectivity index (χ2n) is 4.51. The van der Waals surface area contributed by atoms with Gasteiger partial charge in [0.05, 0.1) is 12.2 Å². The fraction of sp³-hybridized carbons (Fsp3) is 0.200. The van der Waals surface area contributed by atoms with Gasteiger partial charge in [-0.25, -0.2) is 0 Å². The van der Waals surface area contributed by atoms with E-state index in [1.54, 1.807) is 0 Å². The summed E-state index contributed by atoms with van der Waals surface area (Å²) in [4.78, 5) is 4.79. The minimum atomic E-state index is 0.426. The first-order valence-corrected chi connectivity index (χ1v) is 6.53. The number of hydrogen-bond acceptors (Lipinski definition) is 3. The molecular weight excluding hydrogens is 254 g/mol. The maximum absolute atomic E-state index is 5.62. The first-order valence-electron chi connectivity index (χ1n) is 6.13. The van der Waals surface area contributed by atoms with Crippen molar-refractivity contribution in [3.05, 3.63) is 58.9 Å². The zero-order valence-corrected chi connectivity index (χ0v) is 11.9. The molecule has 0 bridgehead atoms. The molecule has 0 saturated heterocycles. The molecule has 0 spiro atoms. The van der Waals surface area contributed by atoms with Crippen LogP contribution in [0.25, 0.3) is 0 Å². The van der Waals surface area contributed by atoms with E-state index in [-0.39, 0.29) is 0 Å². The minimum Gasteiger partial charge on any atom is -0.389 e. The standard InChI is InChI=1S/C15H17N3S/c1-10-4-3-7-17-14(10)9-18-13-6-5-12(15(16)19)8-11(13)2/h3-8,18H,9H2,1-2H3,(H2,16,19). The summed E-state index contributed by atoms with van der Waals surface area (Å²) >= 11 is 4.97. The molecule has 19 heavy (non-hydrogen) atoms. The van der Waals surface area contributed by atoms with E-state index in [1.165, 1.54) is 5.56 Å². The topological polar surface area (TPSA) is 50.9 Å². The molecule has 0 amide bonds. The number of nitrogens with one attached hydrogen (secondary N) is 1. The predicted molar refractivity (Wildman–Crippen MR) is 83.4 cm³/mol. The smallest absolute Gasteiger partial charge is 0.103 e. The lowest BCUT2D eigenvalue weighted by Crippen LogP contribution is -2.10. The van der Waals surface area contributed by atoms with Gasteiger partial charge < -0.3 is 11.1 Å².